The lowest BCUT2D eigenvalue weighted by molar-refractivity contribution is -0.119. The molecule has 2 amide bonds. The van der Waals surface area contributed by atoms with Gasteiger partial charge in [-0.15, -0.1) is 0 Å². The molecule has 0 aromatic heterocycles. The fourth-order valence-corrected chi connectivity index (χ4v) is 2.43. The molecule has 5 heteroatoms. The predicted molar refractivity (Wildman–Crippen MR) is 62.5 cm³/mol. The SMILES string of the molecule is CC(C)(C)OC(=O)N1CCC2(CCC(=O)N2)C1. The molecule has 0 saturated carbocycles. The van der Waals surface area contributed by atoms with Crippen LogP contribution in [0.1, 0.15) is 40.0 Å². The summed E-state index contributed by atoms with van der Waals surface area (Å²) in [5, 5.41) is 2.99. The van der Waals surface area contributed by atoms with E-state index in [4.69, 9.17) is 4.74 Å². The molecule has 96 valence electrons. The number of nitrogens with zero attached hydrogens (tertiary/aromatic N) is 1. The van der Waals surface area contributed by atoms with Crippen molar-refractivity contribution >= 4 is 12.0 Å². The van der Waals surface area contributed by atoms with E-state index in [-0.39, 0.29) is 17.5 Å². The zero-order valence-corrected chi connectivity index (χ0v) is 10.7. The molecule has 0 aromatic carbocycles. The number of ether oxygens (including phenoxy) is 1. The van der Waals surface area contributed by atoms with Crippen molar-refractivity contribution in [1.82, 2.24) is 10.2 Å². The molecule has 0 radical (unpaired) electrons. The number of carbonyl (C=O) groups excluding carboxylic acids is 2. The van der Waals surface area contributed by atoms with Crippen LogP contribution in [0.5, 0.6) is 0 Å². The molecule has 0 aliphatic carbocycles. The summed E-state index contributed by atoms with van der Waals surface area (Å²) in [6.07, 6.45) is 1.95. The molecule has 1 unspecified atom stereocenters. The Hall–Kier alpha value is -1.26. The Morgan fingerprint density at radius 1 is 1.41 bits per heavy atom. The first-order valence-electron chi connectivity index (χ1n) is 6.09. The van der Waals surface area contributed by atoms with Crippen molar-refractivity contribution in [2.45, 2.75) is 51.2 Å². The topological polar surface area (TPSA) is 58.6 Å². The van der Waals surface area contributed by atoms with Gasteiger partial charge in [0.15, 0.2) is 0 Å². The summed E-state index contributed by atoms with van der Waals surface area (Å²) in [4.78, 5) is 24.8. The predicted octanol–water partition coefficient (Wildman–Crippen LogP) is 1.28. The van der Waals surface area contributed by atoms with Crippen molar-refractivity contribution in [3.05, 3.63) is 0 Å². The summed E-state index contributed by atoms with van der Waals surface area (Å²) < 4.78 is 5.33. The van der Waals surface area contributed by atoms with Crippen LogP contribution < -0.4 is 5.32 Å². The van der Waals surface area contributed by atoms with Crippen LogP contribution in [0.3, 0.4) is 0 Å². The van der Waals surface area contributed by atoms with Gasteiger partial charge in [-0.2, -0.15) is 0 Å². The summed E-state index contributed by atoms with van der Waals surface area (Å²) in [6.45, 7) is 6.80. The Labute approximate surface area is 101 Å². The molecule has 2 aliphatic rings. The molecule has 2 rings (SSSR count). The highest BCUT2D eigenvalue weighted by molar-refractivity contribution is 5.80. The molecular formula is C12H20N2O3. The minimum Gasteiger partial charge on any atom is -0.444 e. The third-order valence-corrected chi connectivity index (χ3v) is 3.24. The highest BCUT2D eigenvalue weighted by Gasteiger charge is 2.45. The van der Waals surface area contributed by atoms with Gasteiger partial charge in [0.2, 0.25) is 5.91 Å². The largest absolute Gasteiger partial charge is 0.444 e. The van der Waals surface area contributed by atoms with Gasteiger partial charge in [0.25, 0.3) is 0 Å². The fourth-order valence-electron chi connectivity index (χ4n) is 2.43. The van der Waals surface area contributed by atoms with Gasteiger partial charge in [0, 0.05) is 19.5 Å². The van der Waals surface area contributed by atoms with Gasteiger partial charge >= 0.3 is 6.09 Å². The van der Waals surface area contributed by atoms with E-state index in [0.717, 1.165) is 12.8 Å². The summed E-state index contributed by atoms with van der Waals surface area (Å²) in [5.74, 6) is 0.0936. The molecule has 1 spiro atoms. The van der Waals surface area contributed by atoms with Crippen LogP contribution in [0, 0.1) is 0 Å². The van der Waals surface area contributed by atoms with Gasteiger partial charge in [0.05, 0.1) is 5.54 Å². The third-order valence-electron chi connectivity index (χ3n) is 3.24. The van der Waals surface area contributed by atoms with Gasteiger partial charge in [0.1, 0.15) is 5.60 Å². The Morgan fingerprint density at radius 3 is 2.65 bits per heavy atom. The van der Waals surface area contributed by atoms with E-state index in [1.807, 2.05) is 20.8 Å². The number of hydrogen-bond acceptors (Lipinski definition) is 3. The van der Waals surface area contributed by atoms with E-state index in [2.05, 4.69) is 5.32 Å². The van der Waals surface area contributed by atoms with Crippen molar-refractivity contribution in [3.63, 3.8) is 0 Å². The van der Waals surface area contributed by atoms with Crippen LogP contribution in [-0.4, -0.2) is 41.1 Å². The maximum Gasteiger partial charge on any atom is 0.410 e. The monoisotopic (exact) mass is 240 g/mol. The van der Waals surface area contributed by atoms with Crippen LogP contribution >= 0.6 is 0 Å². The Balaban J connectivity index is 1.94. The molecule has 0 bridgehead atoms. The summed E-state index contributed by atoms with van der Waals surface area (Å²) in [5.41, 5.74) is -0.653. The lowest BCUT2D eigenvalue weighted by Crippen LogP contribution is -2.45. The van der Waals surface area contributed by atoms with Gasteiger partial charge in [-0.05, 0) is 33.6 Å². The minimum absolute atomic E-state index is 0.0936. The molecule has 0 aromatic rings. The number of carbonyl (C=O) groups is 2. The van der Waals surface area contributed by atoms with Crippen molar-refractivity contribution < 1.29 is 14.3 Å². The van der Waals surface area contributed by atoms with E-state index < -0.39 is 5.60 Å². The highest BCUT2D eigenvalue weighted by atomic mass is 16.6. The molecule has 2 aliphatic heterocycles. The summed E-state index contributed by atoms with van der Waals surface area (Å²) in [7, 11) is 0. The third kappa shape index (κ3) is 2.70. The molecule has 2 fully saturated rings. The van der Waals surface area contributed by atoms with Gasteiger partial charge in [-0.3, -0.25) is 4.79 Å². The van der Waals surface area contributed by atoms with Crippen molar-refractivity contribution in [2.24, 2.45) is 0 Å². The maximum absolute atomic E-state index is 11.9. The minimum atomic E-state index is -0.467. The lowest BCUT2D eigenvalue weighted by atomic mass is 9.97. The first-order valence-corrected chi connectivity index (χ1v) is 6.09. The lowest BCUT2D eigenvalue weighted by Gasteiger charge is -2.26. The maximum atomic E-state index is 11.9. The average Bonchev–Trinajstić information content (AvgIpc) is 2.72. The number of hydrogen-bond donors (Lipinski definition) is 1. The van der Waals surface area contributed by atoms with Gasteiger partial charge < -0.3 is 15.0 Å². The molecule has 1 N–H and O–H groups in total. The Morgan fingerprint density at radius 2 is 2.12 bits per heavy atom. The molecule has 2 saturated heterocycles. The van der Waals surface area contributed by atoms with Crippen LogP contribution in [0.2, 0.25) is 0 Å². The number of nitrogens with one attached hydrogen (secondary N) is 1. The smallest absolute Gasteiger partial charge is 0.410 e. The normalized spacial score (nSPS) is 28.6. The van der Waals surface area contributed by atoms with Crippen molar-refractivity contribution in [3.8, 4) is 0 Å². The quantitative estimate of drug-likeness (QED) is 0.694. The zero-order valence-electron chi connectivity index (χ0n) is 10.7. The van der Waals surface area contributed by atoms with Crippen LogP contribution in [0.25, 0.3) is 0 Å². The molecule has 1 atom stereocenters. The van der Waals surface area contributed by atoms with E-state index in [9.17, 15) is 9.59 Å². The van der Waals surface area contributed by atoms with Gasteiger partial charge in [-0.1, -0.05) is 0 Å². The molecule has 17 heavy (non-hydrogen) atoms. The van der Waals surface area contributed by atoms with E-state index >= 15 is 0 Å². The Kier molecular flexibility index (Phi) is 2.79. The number of likely N-dealkylation sites (tertiary alicyclic amines) is 1. The number of rotatable bonds is 0. The molecule has 5 nitrogen and oxygen atoms in total. The van der Waals surface area contributed by atoms with E-state index in [1.54, 1.807) is 4.90 Å². The average molecular weight is 240 g/mol. The van der Waals surface area contributed by atoms with E-state index in [0.29, 0.717) is 19.5 Å². The van der Waals surface area contributed by atoms with E-state index in [1.165, 1.54) is 0 Å². The standard InChI is InChI=1S/C12H20N2O3/c1-11(2,3)17-10(16)14-7-6-12(8-14)5-4-9(15)13-12/h4-8H2,1-3H3,(H,13,15). The second-order valence-electron chi connectivity index (χ2n) is 5.98. The summed E-state index contributed by atoms with van der Waals surface area (Å²) in [6, 6.07) is 0. The van der Waals surface area contributed by atoms with Crippen LogP contribution in [0.15, 0.2) is 0 Å². The number of amides is 2. The summed E-state index contributed by atoms with van der Waals surface area (Å²) >= 11 is 0. The first kappa shape index (κ1) is 12.2. The second kappa shape index (κ2) is 3.89. The molecular weight excluding hydrogens is 220 g/mol. The Bertz CT molecular complexity index is 348. The van der Waals surface area contributed by atoms with Crippen molar-refractivity contribution in [2.75, 3.05) is 13.1 Å². The highest BCUT2D eigenvalue weighted by Crippen LogP contribution is 2.31. The fraction of sp³-hybridized carbons (Fsp3) is 0.833. The van der Waals surface area contributed by atoms with Crippen molar-refractivity contribution in [1.29, 1.82) is 0 Å². The van der Waals surface area contributed by atoms with Gasteiger partial charge in [-0.25, -0.2) is 4.79 Å². The zero-order chi connectivity index (χ0) is 12.7. The molecule has 2 heterocycles. The second-order valence-corrected chi connectivity index (χ2v) is 5.98. The van der Waals surface area contributed by atoms with Crippen LogP contribution in [-0.2, 0) is 9.53 Å². The van der Waals surface area contributed by atoms with Crippen LogP contribution in [0.4, 0.5) is 4.79 Å². The first-order chi connectivity index (χ1) is 7.80.